The van der Waals surface area contributed by atoms with Gasteiger partial charge in [-0.2, -0.15) is 0 Å². The minimum Gasteiger partial charge on any atom is -0.490 e. The summed E-state index contributed by atoms with van der Waals surface area (Å²) in [7, 11) is 1.66. The van der Waals surface area contributed by atoms with Crippen LogP contribution in [0.1, 0.15) is 40.0 Å². The Labute approximate surface area is 100 Å². The van der Waals surface area contributed by atoms with E-state index < -0.39 is 0 Å². The minimum atomic E-state index is 0.748. The number of hydrogen-bond donors (Lipinski definition) is 0. The zero-order valence-corrected chi connectivity index (χ0v) is 11.5. The van der Waals surface area contributed by atoms with E-state index in [1.165, 1.54) is 37.1 Å². The molecule has 0 heterocycles. The van der Waals surface area contributed by atoms with Crippen molar-refractivity contribution in [2.45, 2.75) is 40.0 Å². The first kappa shape index (κ1) is 14.8. The van der Waals surface area contributed by atoms with Crippen LogP contribution in [-0.4, -0.2) is 42.8 Å². The van der Waals surface area contributed by atoms with Crippen LogP contribution in [0.4, 0.5) is 0 Å². The first-order chi connectivity index (χ1) is 7.14. The standard InChI is InChI=1S/C12H26NOS/c1-5-13(6-2,7-3)11-9-8-10-12(15)14-4/h5-11H2,1-4H3/q+1. The third-order valence-corrected chi connectivity index (χ3v) is 3.87. The summed E-state index contributed by atoms with van der Waals surface area (Å²) >= 11 is 5.02. The molecule has 0 saturated carbocycles. The maximum atomic E-state index is 5.02. The van der Waals surface area contributed by atoms with E-state index in [1.54, 1.807) is 7.11 Å². The number of unbranched alkanes of at least 4 members (excludes halogenated alkanes) is 1. The molecule has 0 aliphatic carbocycles. The Kier molecular flexibility index (Phi) is 7.97. The Hall–Kier alpha value is -0.150. The van der Waals surface area contributed by atoms with Gasteiger partial charge in [-0.3, -0.25) is 0 Å². The lowest BCUT2D eigenvalue weighted by molar-refractivity contribution is -0.923. The lowest BCUT2D eigenvalue weighted by Crippen LogP contribution is -2.48. The van der Waals surface area contributed by atoms with E-state index in [2.05, 4.69) is 20.8 Å². The molecule has 0 aromatic heterocycles. The summed E-state index contributed by atoms with van der Waals surface area (Å²) in [6.07, 6.45) is 3.34. The van der Waals surface area contributed by atoms with Crippen LogP contribution in [0.3, 0.4) is 0 Å². The molecule has 0 aromatic carbocycles. The molecule has 2 nitrogen and oxygen atoms in total. The van der Waals surface area contributed by atoms with Crippen molar-refractivity contribution >= 4 is 17.3 Å². The second-order valence-corrected chi connectivity index (χ2v) is 4.50. The average Bonchev–Trinajstić information content (AvgIpc) is 2.30. The Morgan fingerprint density at radius 3 is 2.00 bits per heavy atom. The fourth-order valence-electron chi connectivity index (χ4n) is 1.96. The predicted octanol–water partition coefficient (Wildman–Crippen LogP) is 3.01. The molecule has 0 N–H and O–H groups in total. The van der Waals surface area contributed by atoms with Crippen LogP contribution < -0.4 is 0 Å². The van der Waals surface area contributed by atoms with Crippen LogP contribution in [0.2, 0.25) is 0 Å². The zero-order chi connectivity index (χ0) is 11.7. The van der Waals surface area contributed by atoms with E-state index in [4.69, 9.17) is 17.0 Å². The van der Waals surface area contributed by atoms with Gasteiger partial charge in [0.15, 0.2) is 5.05 Å². The Morgan fingerprint density at radius 2 is 1.60 bits per heavy atom. The van der Waals surface area contributed by atoms with Gasteiger partial charge in [0, 0.05) is 6.42 Å². The van der Waals surface area contributed by atoms with Crippen LogP contribution in [0.5, 0.6) is 0 Å². The van der Waals surface area contributed by atoms with Gasteiger partial charge in [-0.1, -0.05) is 0 Å². The van der Waals surface area contributed by atoms with Crippen molar-refractivity contribution < 1.29 is 9.22 Å². The summed E-state index contributed by atoms with van der Waals surface area (Å²) in [5.74, 6) is 0. The summed E-state index contributed by atoms with van der Waals surface area (Å²) in [6, 6.07) is 0. The molecule has 0 unspecified atom stereocenters. The third-order valence-electron chi connectivity index (χ3n) is 3.50. The second kappa shape index (κ2) is 8.05. The molecular weight excluding hydrogens is 206 g/mol. The molecule has 0 bridgehead atoms. The minimum absolute atomic E-state index is 0.748. The SMILES string of the molecule is CC[N+](CC)(CC)CCCCC(=S)OC. The third kappa shape index (κ3) is 5.47. The number of quaternary nitrogens is 1. The molecule has 0 aliphatic heterocycles. The van der Waals surface area contributed by atoms with E-state index in [1.807, 2.05) is 0 Å². The summed E-state index contributed by atoms with van der Waals surface area (Å²) in [5, 5.41) is 0.748. The van der Waals surface area contributed by atoms with Crippen molar-refractivity contribution in [2.24, 2.45) is 0 Å². The van der Waals surface area contributed by atoms with Gasteiger partial charge < -0.3 is 9.22 Å². The highest BCUT2D eigenvalue weighted by atomic mass is 32.1. The number of methoxy groups -OCH3 is 1. The lowest BCUT2D eigenvalue weighted by Gasteiger charge is -2.35. The van der Waals surface area contributed by atoms with Crippen molar-refractivity contribution in [3.05, 3.63) is 0 Å². The topological polar surface area (TPSA) is 9.23 Å². The summed E-state index contributed by atoms with van der Waals surface area (Å²) in [5.41, 5.74) is 0. The highest BCUT2D eigenvalue weighted by Crippen LogP contribution is 2.10. The molecule has 0 spiro atoms. The molecular formula is C12H26NOS+. The van der Waals surface area contributed by atoms with Crippen LogP contribution >= 0.6 is 12.2 Å². The van der Waals surface area contributed by atoms with Gasteiger partial charge >= 0.3 is 0 Å². The van der Waals surface area contributed by atoms with E-state index in [0.29, 0.717) is 0 Å². The van der Waals surface area contributed by atoms with Crippen LogP contribution in [-0.2, 0) is 4.74 Å². The van der Waals surface area contributed by atoms with E-state index in [-0.39, 0.29) is 0 Å². The first-order valence-corrected chi connectivity index (χ1v) is 6.46. The summed E-state index contributed by atoms with van der Waals surface area (Å²) < 4.78 is 6.22. The number of hydrogen-bond acceptors (Lipinski definition) is 2. The fraction of sp³-hybridized carbons (Fsp3) is 0.917. The maximum absolute atomic E-state index is 5.02. The molecule has 0 amide bonds. The first-order valence-electron chi connectivity index (χ1n) is 6.06. The highest BCUT2D eigenvalue weighted by molar-refractivity contribution is 7.80. The largest absolute Gasteiger partial charge is 0.490 e. The van der Waals surface area contributed by atoms with Crippen LogP contribution in [0.15, 0.2) is 0 Å². The number of rotatable bonds is 8. The monoisotopic (exact) mass is 232 g/mol. The molecule has 3 heteroatoms. The number of thiocarbonyl (C=S) groups is 1. The second-order valence-electron chi connectivity index (χ2n) is 4.05. The molecule has 0 saturated heterocycles. The van der Waals surface area contributed by atoms with E-state index in [9.17, 15) is 0 Å². The predicted molar refractivity (Wildman–Crippen MR) is 70.2 cm³/mol. The van der Waals surface area contributed by atoms with Gasteiger partial charge in [-0.05, 0) is 45.8 Å². The molecule has 0 rings (SSSR count). The summed E-state index contributed by atoms with van der Waals surface area (Å²) in [6.45, 7) is 11.8. The average molecular weight is 232 g/mol. The summed E-state index contributed by atoms with van der Waals surface area (Å²) in [4.78, 5) is 0. The Morgan fingerprint density at radius 1 is 1.07 bits per heavy atom. The molecule has 0 radical (unpaired) electrons. The fourth-order valence-corrected chi connectivity index (χ4v) is 2.11. The smallest absolute Gasteiger partial charge is 0.159 e. The van der Waals surface area contributed by atoms with E-state index >= 15 is 0 Å². The maximum Gasteiger partial charge on any atom is 0.159 e. The normalized spacial score (nSPS) is 11.5. The van der Waals surface area contributed by atoms with E-state index in [0.717, 1.165) is 17.9 Å². The van der Waals surface area contributed by atoms with Gasteiger partial charge in [0.25, 0.3) is 0 Å². The number of nitrogens with zero attached hydrogens (tertiary/aromatic N) is 1. The molecule has 15 heavy (non-hydrogen) atoms. The van der Waals surface area contributed by atoms with Crippen molar-refractivity contribution in [1.29, 1.82) is 0 Å². The zero-order valence-electron chi connectivity index (χ0n) is 10.7. The number of ether oxygens (including phenoxy) is 1. The molecule has 0 aliphatic rings. The Bertz CT molecular complexity index is 170. The molecule has 90 valence electrons. The Balaban J connectivity index is 3.76. The van der Waals surface area contributed by atoms with Crippen molar-refractivity contribution in [3.63, 3.8) is 0 Å². The quantitative estimate of drug-likeness (QED) is 0.361. The lowest BCUT2D eigenvalue weighted by atomic mass is 10.2. The molecule has 0 fully saturated rings. The van der Waals surface area contributed by atoms with Crippen molar-refractivity contribution in [3.8, 4) is 0 Å². The highest BCUT2D eigenvalue weighted by Gasteiger charge is 2.19. The van der Waals surface area contributed by atoms with Gasteiger partial charge in [0.2, 0.25) is 0 Å². The van der Waals surface area contributed by atoms with Crippen molar-refractivity contribution in [2.75, 3.05) is 33.3 Å². The van der Waals surface area contributed by atoms with Gasteiger partial charge in [-0.25, -0.2) is 0 Å². The van der Waals surface area contributed by atoms with Crippen LogP contribution in [0.25, 0.3) is 0 Å². The van der Waals surface area contributed by atoms with Crippen LogP contribution in [0, 0.1) is 0 Å². The molecule has 0 aromatic rings. The van der Waals surface area contributed by atoms with Gasteiger partial charge in [0.1, 0.15) is 0 Å². The van der Waals surface area contributed by atoms with Gasteiger partial charge in [-0.15, -0.1) is 0 Å². The van der Waals surface area contributed by atoms with Crippen molar-refractivity contribution in [1.82, 2.24) is 0 Å². The molecule has 0 atom stereocenters. The van der Waals surface area contributed by atoms with Gasteiger partial charge in [0.05, 0.1) is 33.3 Å².